The molecule has 3 rings (SSSR count). The quantitative estimate of drug-likeness (QED) is 0.531. The normalized spacial score (nSPS) is 10.5. The molecule has 0 unspecified atom stereocenters. The van der Waals surface area contributed by atoms with Crippen molar-refractivity contribution in [2.24, 2.45) is 0 Å². The van der Waals surface area contributed by atoms with E-state index in [2.05, 4.69) is 15.7 Å². The lowest BCUT2D eigenvalue weighted by atomic mass is 10.2. The summed E-state index contributed by atoms with van der Waals surface area (Å²) in [5, 5.41) is 10.6. The second-order valence-corrected chi connectivity index (χ2v) is 7.03. The van der Waals surface area contributed by atoms with E-state index in [1.54, 1.807) is 24.3 Å². The minimum Gasteiger partial charge on any atom is -0.356 e. The van der Waals surface area contributed by atoms with Crippen LogP contribution in [0.25, 0.3) is 5.69 Å². The van der Waals surface area contributed by atoms with E-state index in [1.165, 1.54) is 0 Å². The van der Waals surface area contributed by atoms with Crippen LogP contribution in [0.3, 0.4) is 0 Å². The summed E-state index contributed by atoms with van der Waals surface area (Å²) in [6.45, 7) is 0.995. The fraction of sp³-hybridized carbons (Fsp3) is 0.227. The number of hydrogen-bond donors (Lipinski definition) is 2. The molecule has 0 bridgehead atoms. The van der Waals surface area contributed by atoms with E-state index in [9.17, 15) is 9.59 Å². The Morgan fingerprint density at radius 1 is 0.966 bits per heavy atom. The first-order chi connectivity index (χ1) is 14.1. The smallest absolute Gasteiger partial charge is 0.251 e. The maximum atomic E-state index is 12.0. The zero-order valence-electron chi connectivity index (χ0n) is 16.0. The predicted molar refractivity (Wildman–Crippen MR) is 113 cm³/mol. The highest BCUT2D eigenvalue weighted by atomic mass is 35.5. The molecule has 0 aliphatic heterocycles. The molecule has 2 N–H and O–H groups in total. The maximum Gasteiger partial charge on any atom is 0.251 e. The van der Waals surface area contributed by atoms with E-state index in [1.807, 2.05) is 47.4 Å². The SMILES string of the molecule is O=C(CCCNC(=O)c1ccc(Cl)cc1)NCCc1cnn(-c2ccccc2)c1. The van der Waals surface area contributed by atoms with Gasteiger partial charge in [-0.3, -0.25) is 9.59 Å². The standard InChI is InChI=1S/C22H23ClN4O2/c23-19-10-8-18(9-11-19)22(29)25-13-4-7-21(28)24-14-12-17-15-26-27(16-17)20-5-2-1-3-6-20/h1-3,5-6,8-11,15-16H,4,7,12-14H2,(H,24,28)(H,25,29). The number of halogens is 1. The van der Waals surface area contributed by atoms with Crippen molar-refractivity contribution in [3.05, 3.63) is 83.1 Å². The number of aromatic nitrogens is 2. The first-order valence-electron chi connectivity index (χ1n) is 9.51. The molecule has 6 nitrogen and oxygen atoms in total. The molecule has 1 aromatic heterocycles. The van der Waals surface area contributed by atoms with Crippen LogP contribution in [-0.4, -0.2) is 34.7 Å². The fourth-order valence-corrected chi connectivity index (χ4v) is 2.93. The molecule has 0 fully saturated rings. The molecule has 0 radical (unpaired) electrons. The zero-order chi connectivity index (χ0) is 20.5. The largest absolute Gasteiger partial charge is 0.356 e. The van der Waals surface area contributed by atoms with Gasteiger partial charge in [-0.15, -0.1) is 0 Å². The van der Waals surface area contributed by atoms with Gasteiger partial charge in [0.05, 0.1) is 11.9 Å². The average Bonchev–Trinajstić information content (AvgIpc) is 3.21. The number of para-hydroxylation sites is 1. The molecule has 0 saturated carbocycles. The van der Waals surface area contributed by atoms with Gasteiger partial charge in [-0.05, 0) is 54.8 Å². The number of carbonyl (C=O) groups is 2. The Balaban J connectivity index is 1.31. The molecular formula is C22H23ClN4O2. The number of rotatable bonds is 9. The third kappa shape index (κ3) is 6.47. The van der Waals surface area contributed by atoms with Gasteiger partial charge >= 0.3 is 0 Å². The molecule has 3 aromatic rings. The van der Waals surface area contributed by atoms with Crippen LogP contribution in [0.2, 0.25) is 5.02 Å². The first kappa shape index (κ1) is 20.6. The Hall–Kier alpha value is -3.12. The summed E-state index contributed by atoms with van der Waals surface area (Å²) in [5.74, 6) is -0.196. The van der Waals surface area contributed by atoms with Crippen molar-refractivity contribution in [3.63, 3.8) is 0 Å². The van der Waals surface area contributed by atoms with Crippen molar-refractivity contribution in [3.8, 4) is 5.69 Å². The molecule has 0 aliphatic carbocycles. The van der Waals surface area contributed by atoms with E-state index < -0.39 is 0 Å². The molecular weight excluding hydrogens is 388 g/mol. The summed E-state index contributed by atoms with van der Waals surface area (Å²) in [6, 6.07) is 16.6. The Bertz CT molecular complexity index is 939. The van der Waals surface area contributed by atoms with Gasteiger partial charge in [-0.2, -0.15) is 5.10 Å². The van der Waals surface area contributed by atoms with Crippen LogP contribution in [0.1, 0.15) is 28.8 Å². The fourth-order valence-electron chi connectivity index (χ4n) is 2.80. The zero-order valence-corrected chi connectivity index (χ0v) is 16.7. The highest BCUT2D eigenvalue weighted by Gasteiger charge is 2.06. The second-order valence-electron chi connectivity index (χ2n) is 6.60. The summed E-state index contributed by atoms with van der Waals surface area (Å²) in [6.07, 6.45) is 5.44. The van der Waals surface area contributed by atoms with Crippen LogP contribution >= 0.6 is 11.6 Å². The molecule has 0 saturated heterocycles. The Morgan fingerprint density at radius 3 is 2.48 bits per heavy atom. The molecule has 2 aromatic carbocycles. The second kappa shape index (κ2) is 10.4. The van der Waals surface area contributed by atoms with Crippen molar-refractivity contribution in [2.45, 2.75) is 19.3 Å². The van der Waals surface area contributed by atoms with Crippen molar-refractivity contribution < 1.29 is 9.59 Å². The van der Waals surface area contributed by atoms with Crippen molar-refractivity contribution in [2.75, 3.05) is 13.1 Å². The summed E-state index contributed by atoms with van der Waals surface area (Å²) < 4.78 is 1.82. The van der Waals surface area contributed by atoms with Gasteiger partial charge in [0.15, 0.2) is 0 Å². The summed E-state index contributed by atoms with van der Waals surface area (Å²) in [5.41, 5.74) is 2.61. The Morgan fingerprint density at radius 2 is 1.72 bits per heavy atom. The number of carbonyl (C=O) groups excluding carboxylic acids is 2. The van der Waals surface area contributed by atoms with Crippen molar-refractivity contribution in [1.82, 2.24) is 20.4 Å². The number of benzene rings is 2. The predicted octanol–water partition coefficient (Wildman–Crippen LogP) is 3.39. The molecule has 0 atom stereocenters. The molecule has 2 amide bonds. The Kier molecular flexibility index (Phi) is 7.41. The first-order valence-corrected chi connectivity index (χ1v) is 9.89. The van der Waals surface area contributed by atoms with Crippen molar-refractivity contribution >= 4 is 23.4 Å². The average molecular weight is 411 g/mol. The molecule has 150 valence electrons. The topological polar surface area (TPSA) is 76.0 Å². The monoisotopic (exact) mass is 410 g/mol. The molecule has 0 spiro atoms. The summed E-state index contributed by atoms with van der Waals surface area (Å²) in [4.78, 5) is 23.9. The van der Waals surface area contributed by atoms with Gasteiger partial charge < -0.3 is 10.6 Å². The van der Waals surface area contributed by atoms with E-state index >= 15 is 0 Å². The molecule has 0 aliphatic rings. The molecule has 1 heterocycles. The lowest BCUT2D eigenvalue weighted by molar-refractivity contribution is -0.121. The Labute approximate surface area is 174 Å². The lowest BCUT2D eigenvalue weighted by Gasteiger charge is -2.06. The van der Waals surface area contributed by atoms with Gasteiger partial charge in [0.2, 0.25) is 5.91 Å². The lowest BCUT2D eigenvalue weighted by Crippen LogP contribution is -2.28. The van der Waals surface area contributed by atoms with E-state index in [-0.39, 0.29) is 11.8 Å². The van der Waals surface area contributed by atoms with Crippen LogP contribution < -0.4 is 10.6 Å². The van der Waals surface area contributed by atoms with E-state index in [4.69, 9.17) is 11.6 Å². The van der Waals surface area contributed by atoms with Crippen LogP contribution in [0.4, 0.5) is 0 Å². The van der Waals surface area contributed by atoms with Gasteiger partial charge in [-0.1, -0.05) is 29.8 Å². The van der Waals surface area contributed by atoms with Crippen LogP contribution in [0.5, 0.6) is 0 Å². The number of nitrogens with zero attached hydrogens (tertiary/aromatic N) is 2. The third-order valence-corrected chi connectivity index (χ3v) is 4.62. The summed E-state index contributed by atoms with van der Waals surface area (Å²) in [7, 11) is 0. The van der Waals surface area contributed by atoms with Crippen LogP contribution in [0, 0.1) is 0 Å². The van der Waals surface area contributed by atoms with E-state index in [0.717, 1.165) is 11.3 Å². The number of hydrogen-bond acceptors (Lipinski definition) is 3. The number of amides is 2. The maximum absolute atomic E-state index is 12.0. The van der Waals surface area contributed by atoms with Gasteiger partial charge in [0, 0.05) is 36.3 Å². The van der Waals surface area contributed by atoms with Gasteiger partial charge in [0.1, 0.15) is 0 Å². The van der Waals surface area contributed by atoms with Crippen LogP contribution in [0.15, 0.2) is 67.0 Å². The minimum atomic E-state index is -0.169. The van der Waals surface area contributed by atoms with Gasteiger partial charge in [0.25, 0.3) is 5.91 Å². The van der Waals surface area contributed by atoms with Gasteiger partial charge in [-0.25, -0.2) is 4.68 Å². The number of nitrogens with one attached hydrogen (secondary N) is 2. The van der Waals surface area contributed by atoms with Crippen LogP contribution in [-0.2, 0) is 11.2 Å². The molecule has 7 heteroatoms. The minimum absolute atomic E-state index is 0.0267. The highest BCUT2D eigenvalue weighted by molar-refractivity contribution is 6.30. The van der Waals surface area contributed by atoms with Crippen molar-refractivity contribution in [1.29, 1.82) is 0 Å². The third-order valence-electron chi connectivity index (χ3n) is 4.37. The van der Waals surface area contributed by atoms with E-state index in [0.29, 0.717) is 42.9 Å². The highest BCUT2D eigenvalue weighted by Crippen LogP contribution is 2.09. The summed E-state index contributed by atoms with van der Waals surface area (Å²) >= 11 is 5.81. The molecule has 29 heavy (non-hydrogen) atoms.